The van der Waals surface area contributed by atoms with Crippen LogP contribution in [-0.4, -0.2) is 160 Å². The van der Waals surface area contributed by atoms with E-state index >= 15 is 0 Å². The summed E-state index contributed by atoms with van der Waals surface area (Å²) < 4.78 is 54.7. The monoisotopic (exact) mass is 794 g/mol. The second kappa shape index (κ2) is 18.3. The smallest absolute Gasteiger partial charge is 0.410 e. The van der Waals surface area contributed by atoms with Crippen LogP contribution in [0.5, 0.6) is 0 Å². The molecule has 3 amide bonds. The Morgan fingerprint density at radius 2 is 1.45 bits per heavy atom. The summed E-state index contributed by atoms with van der Waals surface area (Å²) in [6, 6.07) is -2.75. The van der Waals surface area contributed by atoms with E-state index in [1.165, 1.54) is 18.9 Å². The highest BCUT2D eigenvalue weighted by molar-refractivity contribution is 5.69. The number of aliphatic hydroxyl groups is 3. The molecule has 320 valence electrons. The topological polar surface area (TPSA) is 221 Å². The third-order valence-corrected chi connectivity index (χ3v) is 9.35. The van der Waals surface area contributed by atoms with Gasteiger partial charge in [0, 0.05) is 13.1 Å². The zero-order chi connectivity index (χ0) is 41.8. The molecule has 0 aromatic rings. The predicted octanol–water partition coefficient (Wildman–Crippen LogP) is 2.79. The first kappa shape index (κ1) is 46.8. The summed E-state index contributed by atoms with van der Waals surface area (Å²) in [5.41, 5.74) is 2.36. The van der Waals surface area contributed by atoms with Gasteiger partial charge in [-0.15, -0.1) is 0 Å². The summed E-state index contributed by atoms with van der Waals surface area (Å²) in [4.78, 5) is 41.1. The molecule has 3 aliphatic rings. The molecular formula is C37H67FN4O13. The molecular weight excluding hydrogens is 727 g/mol. The van der Waals surface area contributed by atoms with Crippen LogP contribution in [0.2, 0.25) is 0 Å². The quantitative estimate of drug-likeness (QED) is 0.201. The molecule has 1 saturated carbocycles. The van der Waals surface area contributed by atoms with Crippen molar-refractivity contribution < 1.29 is 67.3 Å². The highest BCUT2D eigenvalue weighted by atomic mass is 19.1. The van der Waals surface area contributed by atoms with Crippen molar-refractivity contribution in [1.29, 1.82) is 0 Å². The second-order valence-corrected chi connectivity index (χ2v) is 18.2. The Hall–Kier alpha value is -2.58. The van der Waals surface area contributed by atoms with Gasteiger partial charge in [-0.1, -0.05) is 6.92 Å². The maximum atomic E-state index is 13.6. The van der Waals surface area contributed by atoms with Crippen LogP contribution in [0.3, 0.4) is 0 Å². The fraction of sp³-hybridized carbons (Fsp3) is 0.919. The number of ether oxygens (including phenoxy) is 7. The Balaban J connectivity index is 1.84. The van der Waals surface area contributed by atoms with Gasteiger partial charge in [0.2, 0.25) is 0 Å². The fourth-order valence-electron chi connectivity index (χ4n) is 6.99. The SMILES string of the molecule is C[C@H]1C[C@@H](N)C(O[C@H]2OCC(C)(O)[C@H](N(C)C(=O)OC(C)(C)C)C2O)C(O)C1O[C@H]1O[C@H](CN(CCF)C(=O)OC(C)(C)C)CCC1NC(=O)OC(C)(C)C. The number of nitrogens with two attached hydrogens (primary N) is 1. The highest BCUT2D eigenvalue weighted by Gasteiger charge is 2.53. The Bertz CT molecular complexity index is 1290. The lowest BCUT2D eigenvalue weighted by Crippen LogP contribution is -2.68. The summed E-state index contributed by atoms with van der Waals surface area (Å²) >= 11 is 0. The van der Waals surface area contributed by atoms with Crippen LogP contribution >= 0.6 is 0 Å². The van der Waals surface area contributed by atoms with Crippen molar-refractivity contribution in [3.63, 3.8) is 0 Å². The van der Waals surface area contributed by atoms with Gasteiger partial charge < -0.3 is 69.3 Å². The largest absolute Gasteiger partial charge is 0.444 e. The van der Waals surface area contributed by atoms with Crippen molar-refractivity contribution >= 4 is 18.3 Å². The van der Waals surface area contributed by atoms with Gasteiger partial charge in [-0.25, -0.2) is 18.8 Å². The maximum Gasteiger partial charge on any atom is 0.410 e. The minimum atomic E-state index is -1.70. The van der Waals surface area contributed by atoms with Gasteiger partial charge in [0.05, 0.1) is 44.0 Å². The van der Waals surface area contributed by atoms with E-state index in [0.29, 0.717) is 12.8 Å². The van der Waals surface area contributed by atoms with E-state index in [0.717, 1.165) is 4.90 Å². The lowest BCUT2D eigenvalue weighted by molar-refractivity contribution is -0.316. The van der Waals surface area contributed by atoms with Gasteiger partial charge in [0.15, 0.2) is 12.6 Å². The summed E-state index contributed by atoms with van der Waals surface area (Å²) in [6.07, 6.45) is -9.69. The van der Waals surface area contributed by atoms with E-state index in [9.17, 15) is 34.1 Å². The van der Waals surface area contributed by atoms with E-state index < -0.39 is 109 Å². The Morgan fingerprint density at radius 3 is 2.02 bits per heavy atom. The highest BCUT2D eigenvalue weighted by Crippen LogP contribution is 2.36. The lowest BCUT2D eigenvalue weighted by atomic mass is 9.80. The number of hydrogen-bond acceptors (Lipinski definition) is 14. The van der Waals surface area contributed by atoms with Crippen LogP contribution in [0, 0.1) is 5.92 Å². The number of nitrogens with zero attached hydrogens (tertiary/aromatic N) is 2. The molecule has 18 heteroatoms. The average Bonchev–Trinajstić information content (AvgIpc) is 3.00. The second-order valence-electron chi connectivity index (χ2n) is 18.2. The zero-order valence-corrected chi connectivity index (χ0v) is 34.6. The number of amides is 3. The van der Waals surface area contributed by atoms with Crippen molar-refractivity contribution in [2.24, 2.45) is 11.7 Å². The number of aliphatic hydroxyl groups excluding tert-OH is 2. The zero-order valence-electron chi connectivity index (χ0n) is 34.6. The van der Waals surface area contributed by atoms with Gasteiger partial charge in [-0.05, 0) is 94.4 Å². The first-order valence-electron chi connectivity index (χ1n) is 19.0. The number of nitrogens with one attached hydrogen (secondary N) is 1. The molecule has 0 spiro atoms. The minimum Gasteiger partial charge on any atom is -0.444 e. The van der Waals surface area contributed by atoms with Crippen LogP contribution in [0.15, 0.2) is 0 Å². The Kier molecular flexibility index (Phi) is 15.6. The Labute approximate surface area is 324 Å². The molecule has 0 radical (unpaired) electrons. The molecule has 6 N–H and O–H groups in total. The number of halogens is 1. The van der Waals surface area contributed by atoms with Gasteiger partial charge in [0.25, 0.3) is 0 Å². The van der Waals surface area contributed by atoms with E-state index in [1.54, 1.807) is 62.3 Å². The van der Waals surface area contributed by atoms with E-state index in [1.807, 2.05) is 6.92 Å². The predicted molar refractivity (Wildman–Crippen MR) is 196 cm³/mol. The molecule has 0 bridgehead atoms. The normalized spacial score (nSPS) is 34.7. The lowest BCUT2D eigenvalue weighted by Gasteiger charge is -2.50. The van der Waals surface area contributed by atoms with Gasteiger partial charge >= 0.3 is 18.3 Å². The summed E-state index contributed by atoms with van der Waals surface area (Å²) in [7, 11) is 1.38. The Morgan fingerprint density at radius 1 is 0.891 bits per heavy atom. The molecule has 0 aromatic carbocycles. The standard InChI is InChI=1S/C37H67FN4O13/c1-20-17-22(39)27(52-30-25(44)28(37(11,48)19-49-30)41(12)32(46)54-35(5,6)7)24(43)26(20)51-29-23(40-31(45)53-34(2,3)4)14-13-21(50-29)18-42(16-15-38)33(47)55-36(8,9)10/h20-30,43-44,48H,13-19,39H2,1-12H3,(H,40,45)/t20-,21-,22+,23?,24?,25?,26?,27?,28+,29+,30+,37?/m0/s1. The summed E-state index contributed by atoms with van der Waals surface area (Å²) in [6.45, 7) is 17.2. The number of carbonyl (C=O) groups is 3. The van der Waals surface area contributed by atoms with Crippen molar-refractivity contribution in [3.05, 3.63) is 0 Å². The molecule has 0 aromatic heterocycles. The average molecular weight is 795 g/mol. The number of rotatable bonds is 10. The van der Waals surface area contributed by atoms with Gasteiger partial charge in [0.1, 0.15) is 47.4 Å². The van der Waals surface area contributed by atoms with Crippen LogP contribution in [0.4, 0.5) is 18.8 Å². The maximum absolute atomic E-state index is 13.6. The molecule has 3 rings (SSSR count). The van der Waals surface area contributed by atoms with E-state index in [2.05, 4.69) is 5.32 Å². The number of alkyl carbamates (subject to hydrolysis) is 1. The van der Waals surface area contributed by atoms with Crippen LogP contribution < -0.4 is 11.1 Å². The molecule has 6 unspecified atom stereocenters. The molecule has 1 aliphatic carbocycles. The summed E-state index contributed by atoms with van der Waals surface area (Å²) in [5, 5.41) is 37.2. The van der Waals surface area contributed by atoms with Gasteiger partial charge in [-0.3, -0.25) is 0 Å². The van der Waals surface area contributed by atoms with Crippen molar-refractivity contribution in [2.45, 2.75) is 179 Å². The third kappa shape index (κ3) is 13.5. The van der Waals surface area contributed by atoms with Crippen molar-refractivity contribution in [2.75, 3.05) is 33.4 Å². The molecule has 2 heterocycles. The first-order chi connectivity index (χ1) is 25.1. The summed E-state index contributed by atoms with van der Waals surface area (Å²) in [5.74, 6) is -0.371. The van der Waals surface area contributed by atoms with Gasteiger partial charge in [-0.2, -0.15) is 0 Å². The number of likely N-dealkylation sites (N-methyl/N-ethyl adjacent to an activating group) is 1. The molecule has 2 aliphatic heterocycles. The molecule has 55 heavy (non-hydrogen) atoms. The van der Waals surface area contributed by atoms with Crippen molar-refractivity contribution in [1.82, 2.24) is 15.1 Å². The molecule has 3 fully saturated rings. The van der Waals surface area contributed by atoms with Crippen LogP contribution in [-0.2, 0) is 33.2 Å². The fourth-order valence-corrected chi connectivity index (χ4v) is 6.99. The first-order valence-corrected chi connectivity index (χ1v) is 19.0. The molecule has 2 saturated heterocycles. The number of alkyl halides is 1. The number of carbonyl (C=O) groups excluding carboxylic acids is 3. The van der Waals surface area contributed by atoms with E-state index in [4.69, 9.17) is 38.9 Å². The minimum absolute atomic E-state index is 0.0309. The third-order valence-electron chi connectivity index (χ3n) is 9.35. The van der Waals surface area contributed by atoms with Crippen LogP contribution in [0.25, 0.3) is 0 Å². The van der Waals surface area contributed by atoms with Crippen molar-refractivity contribution in [3.8, 4) is 0 Å². The van der Waals surface area contributed by atoms with Crippen LogP contribution in [0.1, 0.15) is 95.4 Å². The number of hydrogen-bond donors (Lipinski definition) is 5. The molecule has 17 nitrogen and oxygen atoms in total. The van der Waals surface area contributed by atoms with E-state index in [-0.39, 0.29) is 32.0 Å². The molecule has 12 atom stereocenters.